The molecule has 3 rings (SSSR count). The second-order valence-electron chi connectivity index (χ2n) is 6.95. The molecule has 0 saturated carbocycles. The molecule has 2 aromatic carbocycles. The molecule has 1 atom stereocenters. The van der Waals surface area contributed by atoms with Crippen molar-refractivity contribution in [2.45, 2.75) is 26.2 Å². The van der Waals surface area contributed by atoms with Crippen LogP contribution in [0, 0.1) is 12.8 Å². The summed E-state index contributed by atoms with van der Waals surface area (Å²) in [6.07, 6.45) is 6.78. The Morgan fingerprint density at radius 2 is 1.79 bits per heavy atom. The Morgan fingerprint density at radius 3 is 2.50 bits per heavy atom. The minimum absolute atomic E-state index is 0.0150. The number of carbonyl (C=O) groups is 2. The largest absolute Gasteiger partial charge is 0.374 e. The van der Waals surface area contributed by atoms with E-state index in [2.05, 4.69) is 44.0 Å². The SMILES string of the molecule is Cc1ccc(NC(=O)CNc2ccccc2NC(=O)CC2C=CCC2)c(Br)c1. The molecule has 28 heavy (non-hydrogen) atoms. The van der Waals surface area contributed by atoms with E-state index in [1.807, 2.05) is 49.4 Å². The summed E-state index contributed by atoms with van der Waals surface area (Å²) in [5.74, 6) is 0.138. The molecule has 0 heterocycles. The summed E-state index contributed by atoms with van der Waals surface area (Å²) in [6, 6.07) is 13.2. The molecule has 1 unspecified atom stereocenters. The number of aryl methyl sites for hydroxylation is 1. The van der Waals surface area contributed by atoms with Crippen LogP contribution >= 0.6 is 15.9 Å². The maximum Gasteiger partial charge on any atom is 0.243 e. The minimum Gasteiger partial charge on any atom is -0.374 e. The van der Waals surface area contributed by atoms with Crippen LogP contribution in [-0.2, 0) is 9.59 Å². The van der Waals surface area contributed by atoms with Gasteiger partial charge in [0.05, 0.1) is 23.6 Å². The molecule has 0 radical (unpaired) electrons. The Hall–Kier alpha value is -2.60. The van der Waals surface area contributed by atoms with E-state index in [4.69, 9.17) is 0 Å². The average molecular weight is 442 g/mol. The maximum atomic E-state index is 12.3. The monoisotopic (exact) mass is 441 g/mol. The van der Waals surface area contributed by atoms with E-state index in [9.17, 15) is 9.59 Å². The van der Waals surface area contributed by atoms with Crippen molar-refractivity contribution in [1.82, 2.24) is 0 Å². The van der Waals surface area contributed by atoms with Crippen LogP contribution in [0.5, 0.6) is 0 Å². The van der Waals surface area contributed by atoms with Crippen molar-refractivity contribution < 1.29 is 9.59 Å². The third-order valence-corrected chi connectivity index (χ3v) is 5.26. The number of halogens is 1. The summed E-state index contributed by atoms with van der Waals surface area (Å²) in [5, 5.41) is 8.93. The lowest BCUT2D eigenvalue weighted by atomic mass is 10.0. The zero-order valence-electron chi connectivity index (χ0n) is 15.8. The van der Waals surface area contributed by atoms with Gasteiger partial charge in [0, 0.05) is 10.9 Å². The van der Waals surface area contributed by atoms with Crippen molar-refractivity contribution in [3.8, 4) is 0 Å². The van der Waals surface area contributed by atoms with Gasteiger partial charge < -0.3 is 16.0 Å². The second kappa shape index (κ2) is 9.55. The summed E-state index contributed by atoms with van der Waals surface area (Å²) in [7, 11) is 0. The fraction of sp³-hybridized carbons (Fsp3) is 0.273. The van der Waals surface area contributed by atoms with Gasteiger partial charge in [-0.05, 0) is 71.4 Å². The van der Waals surface area contributed by atoms with Gasteiger partial charge in [-0.25, -0.2) is 0 Å². The van der Waals surface area contributed by atoms with Gasteiger partial charge in [0.15, 0.2) is 0 Å². The van der Waals surface area contributed by atoms with Gasteiger partial charge in [-0.3, -0.25) is 9.59 Å². The van der Waals surface area contributed by atoms with Crippen LogP contribution in [0.3, 0.4) is 0 Å². The van der Waals surface area contributed by atoms with E-state index in [-0.39, 0.29) is 18.4 Å². The van der Waals surface area contributed by atoms with Crippen LogP contribution in [0.15, 0.2) is 59.1 Å². The Morgan fingerprint density at radius 1 is 1.04 bits per heavy atom. The third kappa shape index (κ3) is 5.70. The third-order valence-electron chi connectivity index (χ3n) is 4.60. The van der Waals surface area contributed by atoms with E-state index in [1.165, 1.54) is 0 Å². The molecule has 3 N–H and O–H groups in total. The summed E-state index contributed by atoms with van der Waals surface area (Å²) in [5.41, 5.74) is 3.24. The number of allylic oxidation sites excluding steroid dienone is 2. The molecule has 6 heteroatoms. The molecular formula is C22H24BrN3O2. The van der Waals surface area contributed by atoms with Crippen LogP contribution in [0.4, 0.5) is 17.1 Å². The standard InChI is InChI=1S/C22H24BrN3O2/c1-15-10-11-18(17(23)12-15)25-22(28)14-24-19-8-4-5-9-20(19)26-21(27)13-16-6-2-3-7-16/h2,4-6,8-12,16,24H,3,7,13-14H2,1H3,(H,25,28)(H,26,27). The number of amides is 2. The number of nitrogens with one attached hydrogen (secondary N) is 3. The summed E-state index contributed by atoms with van der Waals surface area (Å²) in [4.78, 5) is 24.6. The Kier molecular flexibility index (Phi) is 6.87. The molecule has 5 nitrogen and oxygen atoms in total. The Bertz CT molecular complexity index is 895. The number of carbonyl (C=O) groups excluding carboxylic acids is 2. The van der Waals surface area contributed by atoms with Gasteiger partial charge in [-0.2, -0.15) is 0 Å². The smallest absolute Gasteiger partial charge is 0.243 e. The fourth-order valence-corrected chi connectivity index (χ4v) is 3.73. The topological polar surface area (TPSA) is 70.2 Å². The molecule has 1 aliphatic rings. The van der Waals surface area contributed by atoms with Gasteiger partial charge in [0.1, 0.15) is 0 Å². The molecule has 1 aliphatic carbocycles. The number of benzene rings is 2. The average Bonchev–Trinajstić information content (AvgIpc) is 3.16. The molecule has 0 aromatic heterocycles. The predicted octanol–water partition coefficient (Wildman–Crippen LogP) is 5.10. The Labute approximate surface area is 173 Å². The number of para-hydroxylation sites is 2. The quantitative estimate of drug-likeness (QED) is 0.523. The normalized spacial score (nSPS) is 15.3. The highest BCUT2D eigenvalue weighted by Gasteiger charge is 2.15. The Balaban J connectivity index is 1.56. The van der Waals surface area contributed by atoms with Crippen LogP contribution in [0.1, 0.15) is 24.8 Å². The van der Waals surface area contributed by atoms with Crippen LogP contribution in [0.25, 0.3) is 0 Å². The van der Waals surface area contributed by atoms with Crippen molar-refractivity contribution in [3.05, 3.63) is 64.7 Å². The summed E-state index contributed by atoms with van der Waals surface area (Å²) in [6.45, 7) is 2.09. The van der Waals surface area contributed by atoms with E-state index in [0.717, 1.165) is 34.3 Å². The maximum absolute atomic E-state index is 12.3. The van der Waals surface area contributed by atoms with Gasteiger partial charge in [-0.1, -0.05) is 30.4 Å². The van der Waals surface area contributed by atoms with Crippen molar-refractivity contribution in [1.29, 1.82) is 0 Å². The zero-order chi connectivity index (χ0) is 19.9. The van der Waals surface area contributed by atoms with E-state index >= 15 is 0 Å². The predicted molar refractivity (Wildman–Crippen MR) is 118 cm³/mol. The fourth-order valence-electron chi connectivity index (χ4n) is 3.14. The highest BCUT2D eigenvalue weighted by molar-refractivity contribution is 9.10. The van der Waals surface area contributed by atoms with Gasteiger partial charge >= 0.3 is 0 Å². The summed E-state index contributed by atoms with van der Waals surface area (Å²) >= 11 is 3.46. The second-order valence-corrected chi connectivity index (χ2v) is 7.80. The van der Waals surface area contributed by atoms with Crippen molar-refractivity contribution in [3.63, 3.8) is 0 Å². The first-order valence-electron chi connectivity index (χ1n) is 9.36. The molecule has 0 saturated heterocycles. The lowest BCUT2D eigenvalue weighted by Crippen LogP contribution is -2.23. The first kappa shape index (κ1) is 20.1. The number of hydrogen-bond donors (Lipinski definition) is 3. The molecule has 0 bridgehead atoms. The molecular weight excluding hydrogens is 418 g/mol. The molecule has 0 spiro atoms. The minimum atomic E-state index is -0.165. The van der Waals surface area contributed by atoms with Crippen LogP contribution in [0.2, 0.25) is 0 Å². The zero-order valence-corrected chi connectivity index (χ0v) is 17.4. The highest BCUT2D eigenvalue weighted by atomic mass is 79.9. The lowest BCUT2D eigenvalue weighted by molar-refractivity contribution is -0.117. The number of rotatable bonds is 7. The van der Waals surface area contributed by atoms with Crippen LogP contribution < -0.4 is 16.0 Å². The molecule has 2 aromatic rings. The number of anilines is 3. The van der Waals surface area contributed by atoms with E-state index in [1.54, 1.807) is 0 Å². The highest BCUT2D eigenvalue weighted by Crippen LogP contribution is 2.25. The molecule has 0 aliphatic heterocycles. The molecule has 146 valence electrons. The lowest BCUT2D eigenvalue weighted by Gasteiger charge is -2.14. The van der Waals surface area contributed by atoms with E-state index in [0.29, 0.717) is 18.0 Å². The van der Waals surface area contributed by atoms with Crippen molar-refractivity contribution in [2.24, 2.45) is 5.92 Å². The van der Waals surface area contributed by atoms with E-state index < -0.39 is 0 Å². The van der Waals surface area contributed by atoms with Gasteiger partial charge in [0.2, 0.25) is 11.8 Å². The summed E-state index contributed by atoms with van der Waals surface area (Å²) < 4.78 is 0.842. The molecule has 2 amide bonds. The van der Waals surface area contributed by atoms with Crippen molar-refractivity contribution >= 4 is 44.8 Å². The van der Waals surface area contributed by atoms with Gasteiger partial charge in [0.25, 0.3) is 0 Å². The van der Waals surface area contributed by atoms with Gasteiger partial charge in [-0.15, -0.1) is 0 Å². The molecule has 0 fully saturated rings. The first-order valence-corrected chi connectivity index (χ1v) is 10.2. The van der Waals surface area contributed by atoms with Crippen molar-refractivity contribution in [2.75, 3.05) is 22.5 Å². The first-order chi connectivity index (χ1) is 13.5. The van der Waals surface area contributed by atoms with Crippen LogP contribution in [-0.4, -0.2) is 18.4 Å². The number of hydrogen-bond acceptors (Lipinski definition) is 3.